The summed E-state index contributed by atoms with van der Waals surface area (Å²) in [6.07, 6.45) is 4.26. The van der Waals surface area contributed by atoms with Crippen molar-refractivity contribution >= 4 is 0 Å². The van der Waals surface area contributed by atoms with Gasteiger partial charge in [-0.25, -0.2) is 0 Å². The topological polar surface area (TPSA) is 12.9 Å². The second-order valence-electron chi connectivity index (χ2n) is 4.84. The van der Waals surface area contributed by atoms with E-state index in [0.29, 0.717) is 0 Å². The molecule has 0 saturated carbocycles. The molecule has 17 heavy (non-hydrogen) atoms. The number of hydrogen-bond donors (Lipinski definition) is 0. The first-order chi connectivity index (χ1) is 8.25. The predicted octanol–water partition coefficient (Wildman–Crippen LogP) is 4.34. The summed E-state index contributed by atoms with van der Waals surface area (Å²) in [5, 5.41) is 0. The highest BCUT2D eigenvalue weighted by molar-refractivity contribution is 5.62. The molecule has 2 rings (SSSR count). The number of pyridine rings is 1. The van der Waals surface area contributed by atoms with Crippen LogP contribution in [0.4, 0.5) is 0 Å². The quantitative estimate of drug-likeness (QED) is 0.754. The largest absolute Gasteiger partial charge is 0.261 e. The third-order valence-corrected chi connectivity index (χ3v) is 2.91. The zero-order valence-electron chi connectivity index (χ0n) is 10.6. The van der Waals surface area contributed by atoms with E-state index >= 15 is 0 Å². The number of benzene rings is 1. The monoisotopic (exact) mass is 225 g/mol. The van der Waals surface area contributed by atoms with Crippen LogP contribution in [0, 0.1) is 5.92 Å². The Morgan fingerprint density at radius 1 is 0.941 bits per heavy atom. The predicted molar refractivity (Wildman–Crippen MR) is 72.8 cm³/mol. The molecule has 0 aliphatic heterocycles. The lowest BCUT2D eigenvalue weighted by Crippen LogP contribution is -1.94. The lowest BCUT2D eigenvalue weighted by atomic mass is 10.0. The third-order valence-electron chi connectivity index (χ3n) is 2.91. The van der Waals surface area contributed by atoms with Crippen LogP contribution in [0.15, 0.2) is 48.7 Å². The van der Waals surface area contributed by atoms with Crippen LogP contribution < -0.4 is 0 Å². The van der Waals surface area contributed by atoms with Crippen LogP contribution in [-0.4, -0.2) is 4.98 Å². The Balaban J connectivity index is 2.08. The summed E-state index contributed by atoms with van der Waals surface area (Å²) in [6.45, 7) is 4.50. The van der Waals surface area contributed by atoms with Gasteiger partial charge in [-0.15, -0.1) is 0 Å². The van der Waals surface area contributed by atoms with Gasteiger partial charge in [0.2, 0.25) is 0 Å². The summed E-state index contributed by atoms with van der Waals surface area (Å²) >= 11 is 0. The van der Waals surface area contributed by atoms with Gasteiger partial charge in [-0.2, -0.15) is 0 Å². The molecule has 1 heterocycles. The van der Waals surface area contributed by atoms with Gasteiger partial charge in [0.05, 0.1) is 0 Å². The zero-order valence-corrected chi connectivity index (χ0v) is 10.6. The average molecular weight is 225 g/mol. The molecule has 2 aromatic rings. The first kappa shape index (κ1) is 11.8. The van der Waals surface area contributed by atoms with E-state index in [9.17, 15) is 0 Å². The Bertz CT molecular complexity index is 443. The molecule has 0 spiro atoms. The van der Waals surface area contributed by atoms with Gasteiger partial charge in [-0.3, -0.25) is 4.98 Å². The van der Waals surface area contributed by atoms with Crippen LogP contribution in [0.5, 0.6) is 0 Å². The molecule has 0 N–H and O–H groups in total. The minimum atomic E-state index is 0.741. The van der Waals surface area contributed by atoms with Crippen molar-refractivity contribution in [2.45, 2.75) is 26.7 Å². The molecule has 0 saturated heterocycles. The van der Waals surface area contributed by atoms with Crippen LogP contribution in [0.1, 0.15) is 26.0 Å². The van der Waals surface area contributed by atoms with Crippen molar-refractivity contribution in [3.05, 3.63) is 54.4 Å². The van der Waals surface area contributed by atoms with Gasteiger partial charge >= 0.3 is 0 Å². The van der Waals surface area contributed by atoms with Gasteiger partial charge in [0.15, 0.2) is 0 Å². The van der Waals surface area contributed by atoms with E-state index in [1.165, 1.54) is 23.2 Å². The summed E-state index contributed by atoms with van der Waals surface area (Å²) in [5.41, 5.74) is 3.62. The fourth-order valence-corrected chi connectivity index (χ4v) is 1.81. The van der Waals surface area contributed by atoms with Crippen LogP contribution in [-0.2, 0) is 6.42 Å². The van der Waals surface area contributed by atoms with Crippen molar-refractivity contribution in [1.29, 1.82) is 0 Å². The number of aromatic nitrogens is 1. The van der Waals surface area contributed by atoms with Crippen molar-refractivity contribution in [3.8, 4) is 11.1 Å². The molecule has 0 radical (unpaired) electrons. The van der Waals surface area contributed by atoms with Crippen LogP contribution in [0.25, 0.3) is 11.1 Å². The molecule has 1 heteroatoms. The first-order valence-electron chi connectivity index (χ1n) is 6.26. The molecule has 0 unspecified atom stereocenters. The molecule has 0 fully saturated rings. The van der Waals surface area contributed by atoms with Gasteiger partial charge in [0, 0.05) is 17.5 Å². The highest BCUT2D eigenvalue weighted by atomic mass is 14.7. The van der Waals surface area contributed by atoms with Crippen LogP contribution in [0.3, 0.4) is 0 Å². The minimum Gasteiger partial charge on any atom is -0.261 e. The zero-order chi connectivity index (χ0) is 12.1. The van der Waals surface area contributed by atoms with Gasteiger partial charge < -0.3 is 0 Å². The van der Waals surface area contributed by atoms with E-state index in [4.69, 9.17) is 0 Å². The van der Waals surface area contributed by atoms with Gasteiger partial charge in [0.1, 0.15) is 0 Å². The fraction of sp³-hybridized carbons (Fsp3) is 0.312. The Hall–Kier alpha value is -1.63. The third kappa shape index (κ3) is 3.42. The Morgan fingerprint density at radius 3 is 2.29 bits per heavy atom. The molecular formula is C16H19N. The van der Waals surface area contributed by atoms with E-state index in [1.54, 1.807) is 0 Å². The van der Waals surface area contributed by atoms with Crippen molar-refractivity contribution < 1.29 is 0 Å². The maximum Gasteiger partial charge on any atom is 0.0404 e. The first-order valence-corrected chi connectivity index (χ1v) is 6.26. The van der Waals surface area contributed by atoms with Crippen molar-refractivity contribution in [2.75, 3.05) is 0 Å². The standard InChI is InChI=1S/C16H19N/c1-13(2)8-10-16-11-9-15(12-17-16)14-6-4-3-5-7-14/h3-7,9,11-13H,8,10H2,1-2H3. The van der Waals surface area contributed by atoms with Crippen molar-refractivity contribution in [3.63, 3.8) is 0 Å². The highest BCUT2D eigenvalue weighted by Gasteiger charge is 2.00. The molecule has 0 aliphatic rings. The summed E-state index contributed by atoms with van der Waals surface area (Å²) in [6, 6.07) is 14.7. The maximum atomic E-state index is 4.53. The van der Waals surface area contributed by atoms with E-state index in [-0.39, 0.29) is 0 Å². The lowest BCUT2D eigenvalue weighted by molar-refractivity contribution is 0.581. The molecule has 88 valence electrons. The molecular weight excluding hydrogens is 206 g/mol. The second-order valence-corrected chi connectivity index (χ2v) is 4.84. The summed E-state index contributed by atoms with van der Waals surface area (Å²) in [7, 11) is 0. The second kappa shape index (κ2) is 5.62. The number of nitrogens with zero attached hydrogens (tertiary/aromatic N) is 1. The highest BCUT2D eigenvalue weighted by Crippen LogP contribution is 2.18. The SMILES string of the molecule is CC(C)CCc1ccc(-c2ccccc2)cn1. The maximum absolute atomic E-state index is 4.53. The van der Waals surface area contributed by atoms with Gasteiger partial charge in [-0.1, -0.05) is 50.2 Å². The molecule has 1 aromatic carbocycles. The molecule has 1 nitrogen and oxygen atoms in total. The van der Waals surface area contributed by atoms with Crippen LogP contribution >= 0.6 is 0 Å². The lowest BCUT2D eigenvalue weighted by Gasteiger charge is -2.05. The normalized spacial score (nSPS) is 10.8. The Kier molecular flexibility index (Phi) is 3.92. The minimum absolute atomic E-state index is 0.741. The molecule has 0 aliphatic carbocycles. The van der Waals surface area contributed by atoms with E-state index in [2.05, 4.69) is 55.2 Å². The smallest absolute Gasteiger partial charge is 0.0404 e. The van der Waals surface area contributed by atoms with Crippen LogP contribution in [0.2, 0.25) is 0 Å². The van der Waals surface area contributed by atoms with Crippen molar-refractivity contribution in [2.24, 2.45) is 5.92 Å². The van der Waals surface area contributed by atoms with Crippen molar-refractivity contribution in [1.82, 2.24) is 4.98 Å². The summed E-state index contributed by atoms with van der Waals surface area (Å²) in [4.78, 5) is 4.53. The Labute approximate surface area is 104 Å². The summed E-state index contributed by atoms with van der Waals surface area (Å²) < 4.78 is 0. The van der Waals surface area contributed by atoms with E-state index < -0.39 is 0 Å². The van der Waals surface area contributed by atoms with E-state index in [1.807, 2.05) is 12.3 Å². The van der Waals surface area contributed by atoms with E-state index in [0.717, 1.165) is 12.3 Å². The average Bonchev–Trinajstić information content (AvgIpc) is 2.38. The molecule has 1 aromatic heterocycles. The number of aryl methyl sites for hydroxylation is 1. The number of rotatable bonds is 4. The fourth-order valence-electron chi connectivity index (χ4n) is 1.81. The Morgan fingerprint density at radius 2 is 1.71 bits per heavy atom. The van der Waals surface area contributed by atoms with Gasteiger partial charge in [0.25, 0.3) is 0 Å². The summed E-state index contributed by atoms with van der Waals surface area (Å²) in [5.74, 6) is 0.741. The molecule has 0 amide bonds. The number of hydrogen-bond acceptors (Lipinski definition) is 1. The van der Waals surface area contributed by atoms with Gasteiger partial charge in [-0.05, 0) is 30.4 Å². The molecule has 0 bridgehead atoms. The molecule has 0 atom stereocenters.